The first-order valence-corrected chi connectivity index (χ1v) is 3.98. The molecular weight excluding hydrogens is 140 g/mol. The van der Waals surface area contributed by atoms with E-state index in [0.29, 0.717) is 12.2 Å². The number of rotatable bonds is 2. The molecule has 0 radical (unpaired) electrons. The number of ketones is 1. The lowest BCUT2D eigenvalue weighted by Crippen LogP contribution is -2.09. The fourth-order valence-corrected chi connectivity index (χ4v) is 0.544. The van der Waals surface area contributed by atoms with Gasteiger partial charge < -0.3 is 9.53 Å². The molecule has 0 unspecified atom stereocenters. The van der Waals surface area contributed by atoms with E-state index < -0.39 is 0 Å². The maximum atomic E-state index is 9.44. The van der Waals surface area contributed by atoms with E-state index in [4.69, 9.17) is 4.74 Å². The predicted molar refractivity (Wildman–Crippen MR) is 47.7 cm³/mol. The minimum Gasteiger partial charge on any atom is -0.376 e. The molecule has 0 heterocycles. The summed E-state index contributed by atoms with van der Waals surface area (Å²) in [6, 6.07) is 0. The van der Waals surface area contributed by atoms with E-state index in [9.17, 15) is 4.79 Å². The molecule has 0 aliphatic heterocycles. The third-order valence-corrected chi connectivity index (χ3v) is 0.544. The number of ether oxygens (including phenoxy) is 1. The minimum atomic E-state index is 0.167. The highest BCUT2D eigenvalue weighted by Crippen LogP contribution is 1.93. The van der Waals surface area contributed by atoms with Gasteiger partial charge in [0.1, 0.15) is 5.78 Å². The standard InChI is InChI=1S/C6H14O.C3H6O/c1-5(2)7-6(3)4;1-3(2)4/h5-6H,1-4H3;1-2H3. The Morgan fingerprint density at radius 1 is 1.00 bits per heavy atom. The molecule has 0 amide bonds. The van der Waals surface area contributed by atoms with Gasteiger partial charge in [0, 0.05) is 0 Å². The third kappa shape index (κ3) is 42.5. The Morgan fingerprint density at radius 3 is 1.18 bits per heavy atom. The van der Waals surface area contributed by atoms with Crippen LogP contribution in [0, 0.1) is 0 Å². The largest absolute Gasteiger partial charge is 0.376 e. The SMILES string of the molecule is CC(C)=O.CC(C)OC(C)C. The van der Waals surface area contributed by atoms with Gasteiger partial charge in [0.05, 0.1) is 12.2 Å². The van der Waals surface area contributed by atoms with Gasteiger partial charge in [-0.05, 0) is 41.5 Å². The highest BCUT2D eigenvalue weighted by Gasteiger charge is 1.94. The quantitative estimate of drug-likeness (QED) is 0.620. The van der Waals surface area contributed by atoms with E-state index in [1.54, 1.807) is 0 Å². The second-order valence-corrected chi connectivity index (χ2v) is 3.14. The number of hydrogen-bond acceptors (Lipinski definition) is 2. The van der Waals surface area contributed by atoms with Crippen LogP contribution in [0.5, 0.6) is 0 Å². The molecule has 2 heteroatoms. The molecule has 0 N–H and O–H groups in total. The Balaban J connectivity index is 0. The zero-order chi connectivity index (χ0) is 9.44. The smallest absolute Gasteiger partial charge is 0.126 e. The minimum absolute atomic E-state index is 0.167. The van der Waals surface area contributed by atoms with Crippen LogP contribution in [0.2, 0.25) is 0 Å². The molecule has 0 saturated heterocycles. The summed E-state index contributed by atoms with van der Waals surface area (Å²) in [7, 11) is 0. The third-order valence-electron chi connectivity index (χ3n) is 0.544. The van der Waals surface area contributed by atoms with Gasteiger partial charge in [-0.25, -0.2) is 0 Å². The maximum Gasteiger partial charge on any atom is 0.126 e. The average molecular weight is 160 g/mol. The van der Waals surface area contributed by atoms with Gasteiger partial charge >= 0.3 is 0 Å². The lowest BCUT2D eigenvalue weighted by Gasteiger charge is -2.09. The van der Waals surface area contributed by atoms with E-state index in [1.807, 2.05) is 27.7 Å². The average Bonchev–Trinajstić information content (AvgIpc) is 1.56. The van der Waals surface area contributed by atoms with Crippen molar-refractivity contribution in [1.29, 1.82) is 0 Å². The Labute approximate surface area is 69.9 Å². The van der Waals surface area contributed by atoms with Crippen LogP contribution in [0.1, 0.15) is 41.5 Å². The molecule has 0 fully saturated rings. The van der Waals surface area contributed by atoms with E-state index in [1.165, 1.54) is 13.8 Å². The zero-order valence-electron chi connectivity index (χ0n) is 8.47. The molecule has 11 heavy (non-hydrogen) atoms. The zero-order valence-corrected chi connectivity index (χ0v) is 8.47. The summed E-state index contributed by atoms with van der Waals surface area (Å²) in [5.74, 6) is 0.167. The normalized spacial score (nSPS) is 9.45. The van der Waals surface area contributed by atoms with E-state index in [0.717, 1.165) is 0 Å². The van der Waals surface area contributed by atoms with Crippen molar-refractivity contribution < 1.29 is 9.53 Å². The summed E-state index contributed by atoms with van der Waals surface area (Å²) in [5.41, 5.74) is 0. The van der Waals surface area contributed by atoms with Crippen LogP contribution in [-0.4, -0.2) is 18.0 Å². The number of hydrogen-bond donors (Lipinski definition) is 0. The molecule has 0 aromatic heterocycles. The van der Waals surface area contributed by atoms with Gasteiger partial charge in [-0.3, -0.25) is 0 Å². The topological polar surface area (TPSA) is 26.3 Å². The first-order chi connectivity index (χ1) is 4.86. The predicted octanol–water partition coefficient (Wildman–Crippen LogP) is 2.42. The van der Waals surface area contributed by atoms with Crippen molar-refractivity contribution in [3.05, 3.63) is 0 Å². The molecule has 0 aliphatic carbocycles. The second-order valence-electron chi connectivity index (χ2n) is 3.14. The number of Topliss-reactive ketones (excluding diaryl/α,β-unsaturated/α-hetero) is 1. The van der Waals surface area contributed by atoms with Crippen LogP contribution in [0.3, 0.4) is 0 Å². The molecule has 0 bridgehead atoms. The summed E-state index contributed by atoms with van der Waals surface area (Å²) in [6.07, 6.45) is 0.750. The summed E-state index contributed by atoms with van der Waals surface area (Å²) in [4.78, 5) is 9.44. The van der Waals surface area contributed by atoms with Crippen molar-refractivity contribution >= 4 is 5.78 Å². The Morgan fingerprint density at radius 2 is 1.18 bits per heavy atom. The molecule has 0 saturated carbocycles. The monoisotopic (exact) mass is 160 g/mol. The highest BCUT2D eigenvalue weighted by molar-refractivity contribution is 5.72. The van der Waals surface area contributed by atoms with Crippen LogP contribution in [0.4, 0.5) is 0 Å². The maximum absolute atomic E-state index is 9.44. The molecule has 0 rings (SSSR count). The van der Waals surface area contributed by atoms with Gasteiger partial charge in [-0.1, -0.05) is 0 Å². The molecule has 2 nitrogen and oxygen atoms in total. The summed E-state index contributed by atoms with van der Waals surface area (Å²) >= 11 is 0. The van der Waals surface area contributed by atoms with Gasteiger partial charge in [-0.15, -0.1) is 0 Å². The van der Waals surface area contributed by atoms with Gasteiger partial charge in [0.25, 0.3) is 0 Å². The lowest BCUT2D eigenvalue weighted by atomic mass is 10.4. The van der Waals surface area contributed by atoms with Crippen LogP contribution in [0.25, 0.3) is 0 Å². The van der Waals surface area contributed by atoms with Crippen molar-refractivity contribution in [3.8, 4) is 0 Å². The van der Waals surface area contributed by atoms with Crippen molar-refractivity contribution in [2.45, 2.75) is 53.8 Å². The van der Waals surface area contributed by atoms with Crippen molar-refractivity contribution in [3.63, 3.8) is 0 Å². The van der Waals surface area contributed by atoms with Gasteiger partial charge in [-0.2, -0.15) is 0 Å². The molecule has 0 aliphatic rings. The molecular formula is C9H20O2. The van der Waals surface area contributed by atoms with E-state index >= 15 is 0 Å². The summed E-state index contributed by atoms with van der Waals surface area (Å²) in [6.45, 7) is 11.2. The van der Waals surface area contributed by atoms with Crippen LogP contribution in [0.15, 0.2) is 0 Å². The Bertz CT molecular complexity index is 85.7. The fraction of sp³-hybridized carbons (Fsp3) is 0.889. The molecule has 0 aromatic carbocycles. The first kappa shape index (κ1) is 13.2. The van der Waals surface area contributed by atoms with Gasteiger partial charge in [0.15, 0.2) is 0 Å². The first-order valence-electron chi connectivity index (χ1n) is 3.98. The van der Waals surface area contributed by atoms with Gasteiger partial charge in [0.2, 0.25) is 0 Å². The second kappa shape index (κ2) is 7.73. The molecule has 0 aromatic rings. The molecule has 0 atom stereocenters. The fourth-order valence-electron chi connectivity index (χ4n) is 0.544. The van der Waals surface area contributed by atoms with E-state index in [2.05, 4.69) is 0 Å². The molecule has 68 valence electrons. The summed E-state index contributed by atoms with van der Waals surface area (Å²) < 4.78 is 5.25. The Hall–Kier alpha value is -0.370. The lowest BCUT2D eigenvalue weighted by molar-refractivity contribution is -0.114. The van der Waals surface area contributed by atoms with Crippen LogP contribution < -0.4 is 0 Å². The number of carbonyl (C=O) groups excluding carboxylic acids is 1. The van der Waals surface area contributed by atoms with Crippen molar-refractivity contribution in [2.75, 3.05) is 0 Å². The molecule has 0 spiro atoms. The van der Waals surface area contributed by atoms with Crippen LogP contribution >= 0.6 is 0 Å². The summed E-state index contributed by atoms with van der Waals surface area (Å²) in [5, 5.41) is 0. The van der Waals surface area contributed by atoms with E-state index in [-0.39, 0.29) is 5.78 Å². The van der Waals surface area contributed by atoms with Crippen LogP contribution in [-0.2, 0) is 9.53 Å². The van der Waals surface area contributed by atoms with Crippen molar-refractivity contribution in [2.24, 2.45) is 0 Å². The highest BCUT2D eigenvalue weighted by atomic mass is 16.5. The Kier molecular flexibility index (Phi) is 9.31. The number of carbonyl (C=O) groups is 1. The van der Waals surface area contributed by atoms with Crippen molar-refractivity contribution in [1.82, 2.24) is 0 Å².